The van der Waals surface area contributed by atoms with Crippen LogP contribution in [-0.2, 0) is 19.2 Å². The number of nitrogens with zero attached hydrogens (tertiary/aromatic N) is 1. The predicted octanol–water partition coefficient (Wildman–Crippen LogP) is 0.434. The quantitative estimate of drug-likeness (QED) is 0.616. The summed E-state index contributed by atoms with van der Waals surface area (Å²) in [6.07, 6.45) is 5.83. The first-order valence-corrected chi connectivity index (χ1v) is 9.68. The van der Waals surface area contributed by atoms with Crippen molar-refractivity contribution in [2.45, 2.75) is 51.0 Å². The van der Waals surface area contributed by atoms with Gasteiger partial charge in [0.05, 0.1) is 11.5 Å². The van der Waals surface area contributed by atoms with Gasteiger partial charge in [0.25, 0.3) is 0 Å². The molecule has 0 spiro atoms. The Hall–Kier alpha value is -1.57. The maximum Gasteiger partial charge on any atom is 0.230 e. The molecule has 2 aliphatic rings. The van der Waals surface area contributed by atoms with E-state index < -0.39 is 0 Å². The molecule has 2 N–H and O–H groups in total. The third-order valence-corrected chi connectivity index (χ3v) is 5.16. The lowest BCUT2D eigenvalue weighted by Crippen LogP contribution is -2.44. The number of likely N-dealkylation sites (tertiary alicyclic amines) is 1. The molecule has 0 atom stereocenters. The fraction of sp³-hybridized carbons (Fsp3) is 0.750. The Morgan fingerprint density at radius 1 is 1.00 bits per heavy atom. The molecule has 0 aromatic heterocycles. The zero-order chi connectivity index (χ0) is 17.4. The molecule has 0 radical (unpaired) electrons. The summed E-state index contributed by atoms with van der Waals surface area (Å²) in [4.78, 5) is 47.9. The van der Waals surface area contributed by atoms with Gasteiger partial charge in [0.2, 0.25) is 23.6 Å². The highest BCUT2D eigenvalue weighted by atomic mass is 32.2. The fourth-order valence-electron chi connectivity index (χ4n) is 2.98. The van der Waals surface area contributed by atoms with Gasteiger partial charge in [0.1, 0.15) is 0 Å². The largest absolute Gasteiger partial charge is 0.354 e. The first-order chi connectivity index (χ1) is 11.6. The molecular weight excluding hydrogens is 330 g/mol. The van der Waals surface area contributed by atoms with Crippen molar-refractivity contribution in [3.05, 3.63) is 0 Å². The van der Waals surface area contributed by atoms with E-state index in [4.69, 9.17) is 0 Å². The van der Waals surface area contributed by atoms with Gasteiger partial charge in [-0.3, -0.25) is 24.1 Å². The van der Waals surface area contributed by atoms with Crippen LogP contribution >= 0.6 is 11.8 Å². The normalized spacial score (nSPS) is 18.8. The fourth-order valence-corrected chi connectivity index (χ4v) is 3.64. The Labute approximate surface area is 146 Å². The van der Waals surface area contributed by atoms with Crippen LogP contribution in [0.1, 0.15) is 44.9 Å². The highest BCUT2D eigenvalue weighted by Crippen LogP contribution is 2.17. The summed E-state index contributed by atoms with van der Waals surface area (Å²) < 4.78 is 0. The molecule has 0 aromatic rings. The van der Waals surface area contributed by atoms with Crippen LogP contribution in [0.15, 0.2) is 0 Å². The minimum atomic E-state index is -0.189. The summed E-state index contributed by atoms with van der Waals surface area (Å²) in [5.74, 6) is -0.0841. The van der Waals surface area contributed by atoms with E-state index in [0.717, 1.165) is 12.8 Å². The van der Waals surface area contributed by atoms with E-state index in [2.05, 4.69) is 10.6 Å². The minimum absolute atomic E-state index is 0.0239. The Morgan fingerprint density at radius 3 is 2.29 bits per heavy atom. The van der Waals surface area contributed by atoms with Crippen molar-refractivity contribution in [1.82, 2.24) is 15.5 Å². The van der Waals surface area contributed by atoms with Crippen molar-refractivity contribution < 1.29 is 19.2 Å². The zero-order valence-electron chi connectivity index (χ0n) is 13.8. The second-order valence-corrected chi connectivity index (χ2v) is 7.17. The second-order valence-electron chi connectivity index (χ2n) is 6.18. The van der Waals surface area contributed by atoms with E-state index in [1.807, 2.05) is 0 Å². The molecule has 0 bridgehead atoms. The van der Waals surface area contributed by atoms with Crippen LogP contribution in [-0.4, -0.2) is 59.2 Å². The highest BCUT2D eigenvalue weighted by molar-refractivity contribution is 8.00. The lowest BCUT2D eigenvalue weighted by molar-refractivity contribution is -0.148. The lowest BCUT2D eigenvalue weighted by atomic mass is 10.1. The van der Waals surface area contributed by atoms with Gasteiger partial charge in [-0.2, -0.15) is 0 Å². The van der Waals surface area contributed by atoms with Crippen LogP contribution < -0.4 is 10.6 Å². The molecule has 134 valence electrons. The number of imide groups is 1. The van der Waals surface area contributed by atoms with Gasteiger partial charge in [0, 0.05) is 32.0 Å². The summed E-state index contributed by atoms with van der Waals surface area (Å²) in [6, 6.07) is 0.298. The first kappa shape index (κ1) is 18.8. The number of carbonyl (C=O) groups excluding carboxylic acids is 4. The van der Waals surface area contributed by atoms with Gasteiger partial charge < -0.3 is 10.6 Å². The average molecular weight is 355 g/mol. The van der Waals surface area contributed by atoms with E-state index in [-0.39, 0.29) is 48.2 Å². The molecule has 1 saturated heterocycles. The predicted molar refractivity (Wildman–Crippen MR) is 91.3 cm³/mol. The summed E-state index contributed by atoms with van der Waals surface area (Å²) in [5, 5.41) is 5.66. The van der Waals surface area contributed by atoms with E-state index in [1.165, 1.54) is 29.5 Å². The molecule has 8 heteroatoms. The van der Waals surface area contributed by atoms with E-state index in [9.17, 15) is 19.2 Å². The van der Waals surface area contributed by atoms with E-state index >= 15 is 0 Å². The Kier molecular flexibility index (Phi) is 7.55. The SMILES string of the molecule is O=C(CSCC(=O)NC1CCCC1)NCCN1C(=O)CCCC1=O. The van der Waals surface area contributed by atoms with Crippen LogP contribution in [0, 0.1) is 0 Å². The second kappa shape index (κ2) is 9.66. The van der Waals surface area contributed by atoms with Crippen molar-refractivity contribution in [2.75, 3.05) is 24.6 Å². The standard InChI is InChI=1S/C16H25N3O4S/c20-13(10-24-11-14(21)18-12-4-1-2-5-12)17-8-9-19-15(22)6-3-7-16(19)23/h12H,1-11H2,(H,17,20)(H,18,21). The molecule has 7 nitrogen and oxygen atoms in total. The monoisotopic (exact) mass is 355 g/mol. The number of rotatable bonds is 8. The molecule has 1 saturated carbocycles. The molecule has 1 heterocycles. The molecule has 24 heavy (non-hydrogen) atoms. The summed E-state index contributed by atoms with van der Waals surface area (Å²) >= 11 is 1.27. The molecule has 2 fully saturated rings. The maximum absolute atomic E-state index is 11.7. The smallest absolute Gasteiger partial charge is 0.230 e. The third-order valence-electron chi connectivity index (χ3n) is 4.23. The van der Waals surface area contributed by atoms with E-state index in [1.54, 1.807) is 0 Å². The third kappa shape index (κ3) is 6.14. The lowest BCUT2D eigenvalue weighted by Gasteiger charge is -2.24. The number of hydrogen-bond acceptors (Lipinski definition) is 5. The number of hydrogen-bond donors (Lipinski definition) is 2. The number of piperidine rings is 1. The molecule has 1 aliphatic carbocycles. The van der Waals surface area contributed by atoms with Gasteiger partial charge in [-0.05, 0) is 19.3 Å². The van der Waals surface area contributed by atoms with Crippen LogP contribution in [0.4, 0.5) is 0 Å². The van der Waals surface area contributed by atoms with Gasteiger partial charge in [-0.15, -0.1) is 11.8 Å². The molecular formula is C16H25N3O4S. The highest BCUT2D eigenvalue weighted by Gasteiger charge is 2.25. The van der Waals surface area contributed by atoms with Crippen molar-refractivity contribution in [1.29, 1.82) is 0 Å². The van der Waals surface area contributed by atoms with Crippen molar-refractivity contribution in [3.8, 4) is 0 Å². The maximum atomic E-state index is 11.7. The molecule has 1 aliphatic heterocycles. The molecule has 4 amide bonds. The Balaban J connectivity index is 1.54. The van der Waals surface area contributed by atoms with Crippen LogP contribution in [0.25, 0.3) is 0 Å². The first-order valence-electron chi connectivity index (χ1n) is 8.53. The number of nitrogens with one attached hydrogen (secondary N) is 2. The van der Waals surface area contributed by atoms with Crippen molar-refractivity contribution in [3.63, 3.8) is 0 Å². The minimum Gasteiger partial charge on any atom is -0.354 e. The molecule has 0 unspecified atom stereocenters. The number of amides is 4. The summed E-state index contributed by atoms with van der Waals surface area (Å²) in [7, 11) is 0. The topological polar surface area (TPSA) is 95.6 Å². The van der Waals surface area contributed by atoms with Crippen molar-refractivity contribution >= 4 is 35.4 Å². The van der Waals surface area contributed by atoms with Gasteiger partial charge in [-0.1, -0.05) is 12.8 Å². The number of thioether (sulfide) groups is 1. The zero-order valence-corrected chi connectivity index (χ0v) is 14.7. The Morgan fingerprint density at radius 2 is 1.62 bits per heavy atom. The molecule has 0 aromatic carbocycles. The van der Waals surface area contributed by atoms with Gasteiger partial charge in [0.15, 0.2) is 0 Å². The Bertz CT molecular complexity index is 476. The van der Waals surface area contributed by atoms with Crippen LogP contribution in [0.5, 0.6) is 0 Å². The average Bonchev–Trinajstić information content (AvgIpc) is 3.03. The molecule has 2 rings (SSSR count). The van der Waals surface area contributed by atoms with Crippen molar-refractivity contribution in [2.24, 2.45) is 0 Å². The number of carbonyl (C=O) groups is 4. The van der Waals surface area contributed by atoms with Crippen LogP contribution in [0.2, 0.25) is 0 Å². The summed E-state index contributed by atoms with van der Waals surface area (Å²) in [5.41, 5.74) is 0. The summed E-state index contributed by atoms with van der Waals surface area (Å²) in [6.45, 7) is 0.474. The van der Waals surface area contributed by atoms with E-state index in [0.29, 0.717) is 25.3 Å². The van der Waals surface area contributed by atoms with Gasteiger partial charge in [-0.25, -0.2) is 0 Å². The van der Waals surface area contributed by atoms with Gasteiger partial charge >= 0.3 is 0 Å². The van der Waals surface area contributed by atoms with Crippen LogP contribution in [0.3, 0.4) is 0 Å².